The van der Waals surface area contributed by atoms with E-state index in [2.05, 4.69) is 23.2 Å². The van der Waals surface area contributed by atoms with E-state index >= 15 is 0 Å². The molecule has 2 aliphatic rings. The number of benzene rings is 3. The first-order valence-corrected chi connectivity index (χ1v) is 13.7. The minimum atomic E-state index is -1.51. The van der Waals surface area contributed by atoms with Crippen molar-refractivity contribution >= 4 is 40.8 Å². The van der Waals surface area contributed by atoms with Crippen LogP contribution in [0.4, 0.5) is 13.2 Å². The molecule has 1 N–H and O–H groups in total. The van der Waals surface area contributed by atoms with Gasteiger partial charge in [-0.2, -0.15) is 0 Å². The van der Waals surface area contributed by atoms with Gasteiger partial charge in [0.2, 0.25) is 0 Å². The Kier molecular flexibility index (Phi) is 6.59. The third-order valence-corrected chi connectivity index (χ3v) is 8.99. The van der Waals surface area contributed by atoms with Crippen LogP contribution in [0.5, 0.6) is 5.75 Å². The van der Waals surface area contributed by atoms with E-state index in [9.17, 15) is 23.1 Å². The molecule has 2 heterocycles. The summed E-state index contributed by atoms with van der Waals surface area (Å²) in [4.78, 5) is 15.7. The summed E-state index contributed by atoms with van der Waals surface area (Å²) in [7, 11) is 0. The minimum Gasteiger partial charge on any atom is -0.489 e. The average Bonchev–Trinajstić information content (AvgIpc) is 3.71. The molecule has 0 radical (unpaired) electrons. The van der Waals surface area contributed by atoms with Crippen LogP contribution >= 0.6 is 11.8 Å². The van der Waals surface area contributed by atoms with Gasteiger partial charge in [0.25, 0.3) is 0 Å². The number of carbonyl (C=O) groups is 1. The summed E-state index contributed by atoms with van der Waals surface area (Å²) in [5, 5.41) is 9.27. The molecule has 1 atom stereocenters. The number of thioether (sulfide) groups is 1. The number of halogens is 3. The van der Waals surface area contributed by atoms with Gasteiger partial charge in [0, 0.05) is 22.8 Å². The summed E-state index contributed by atoms with van der Waals surface area (Å²) in [6, 6.07) is 17.9. The third-order valence-electron chi connectivity index (χ3n) is 7.37. The Morgan fingerprint density at radius 1 is 1.03 bits per heavy atom. The molecule has 198 valence electrons. The fraction of sp³-hybridized carbons (Fsp3) is 0.226. The lowest BCUT2D eigenvalue weighted by Crippen LogP contribution is -2.12. The minimum absolute atomic E-state index is 0.0297. The Labute approximate surface area is 227 Å². The first-order chi connectivity index (χ1) is 18.8. The Balaban J connectivity index is 1.32. The molecule has 6 rings (SSSR count). The number of aliphatic carboxylic acids is 1. The van der Waals surface area contributed by atoms with E-state index in [1.54, 1.807) is 23.9 Å². The Morgan fingerprint density at radius 3 is 2.64 bits per heavy atom. The fourth-order valence-corrected chi connectivity index (χ4v) is 6.71. The number of nitrogens with zero attached hydrogens (tertiary/aromatic N) is 1. The standard InChI is InChI=1S/C31H24F3NO3S/c32-24-14-25-22(28(33)29(24)34)9-8-20(35-25)7-5-18-6-10-26-23(13-18)30(21-4-2-1-3-19(21)16-38-26)39-17-31(11-12-31)15-27(36)37/h1-10,13-14,30H,11-12,15-17H2,(H,36,37)/b7-5+. The van der Waals surface area contributed by atoms with Gasteiger partial charge in [0.1, 0.15) is 12.4 Å². The number of hydrogen-bond donors (Lipinski definition) is 1. The van der Waals surface area contributed by atoms with Gasteiger partial charge in [0.15, 0.2) is 17.5 Å². The van der Waals surface area contributed by atoms with Crippen molar-refractivity contribution in [2.75, 3.05) is 5.75 Å². The first-order valence-electron chi connectivity index (χ1n) is 12.6. The summed E-state index contributed by atoms with van der Waals surface area (Å²) in [5.41, 5.74) is 4.49. The molecule has 8 heteroatoms. The van der Waals surface area contributed by atoms with Crippen LogP contribution < -0.4 is 4.74 Å². The van der Waals surface area contributed by atoms with E-state index in [-0.39, 0.29) is 28.0 Å². The highest BCUT2D eigenvalue weighted by Crippen LogP contribution is 2.55. The second-order valence-electron chi connectivity index (χ2n) is 10.2. The van der Waals surface area contributed by atoms with Crippen molar-refractivity contribution in [1.29, 1.82) is 0 Å². The normalized spacial score (nSPS) is 17.4. The fourth-order valence-electron chi connectivity index (χ4n) is 5.03. The van der Waals surface area contributed by atoms with Crippen LogP contribution in [0.3, 0.4) is 0 Å². The smallest absolute Gasteiger partial charge is 0.303 e. The van der Waals surface area contributed by atoms with Crippen molar-refractivity contribution < 1.29 is 27.8 Å². The zero-order valence-corrected chi connectivity index (χ0v) is 21.6. The van der Waals surface area contributed by atoms with Gasteiger partial charge < -0.3 is 9.84 Å². The molecule has 0 bridgehead atoms. The molecule has 4 nitrogen and oxygen atoms in total. The zero-order valence-electron chi connectivity index (χ0n) is 20.8. The summed E-state index contributed by atoms with van der Waals surface area (Å²) >= 11 is 1.75. The van der Waals surface area contributed by atoms with E-state index in [0.717, 1.165) is 52.7 Å². The van der Waals surface area contributed by atoms with Crippen molar-refractivity contribution in [2.45, 2.75) is 31.1 Å². The summed E-state index contributed by atoms with van der Waals surface area (Å²) in [6.45, 7) is 0.449. The molecule has 1 saturated carbocycles. The van der Waals surface area contributed by atoms with Crippen molar-refractivity contribution in [3.63, 3.8) is 0 Å². The number of aromatic nitrogens is 1. The predicted molar refractivity (Wildman–Crippen MR) is 146 cm³/mol. The molecule has 1 aliphatic heterocycles. The van der Waals surface area contributed by atoms with E-state index in [1.165, 1.54) is 6.07 Å². The number of carboxylic acids is 1. The van der Waals surface area contributed by atoms with E-state index < -0.39 is 23.4 Å². The lowest BCUT2D eigenvalue weighted by atomic mass is 9.98. The zero-order chi connectivity index (χ0) is 27.1. The molecule has 0 spiro atoms. The third kappa shape index (κ3) is 5.13. The second kappa shape index (κ2) is 10.1. The molecule has 1 aliphatic carbocycles. The molecule has 1 unspecified atom stereocenters. The maximum Gasteiger partial charge on any atom is 0.303 e. The maximum absolute atomic E-state index is 14.1. The monoisotopic (exact) mass is 547 g/mol. The molecule has 1 aromatic heterocycles. The highest BCUT2D eigenvalue weighted by Gasteiger charge is 2.45. The van der Waals surface area contributed by atoms with Gasteiger partial charge in [0.05, 0.1) is 22.9 Å². The molecule has 0 saturated heterocycles. The van der Waals surface area contributed by atoms with Crippen molar-refractivity contribution in [3.8, 4) is 5.75 Å². The van der Waals surface area contributed by atoms with Crippen LogP contribution in [0.15, 0.2) is 60.7 Å². The quantitative estimate of drug-likeness (QED) is 0.239. The summed E-state index contributed by atoms with van der Waals surface area (Å²) < 4.78 is 47.5. The van der Waals surface area contributed by atoms with Gasteiger partial charge in [-0.1, -0.05) is 36.4 Å². The van der Waals surface area contributed by atoms with Crippen LogP contribution in [0.2, 0.25) is 0 Å². The number of ether oxygens (including phenoxy) is 1. The van der Waals surface area contributed by atoms with Crippen molar-refractivity contribution in [3.05, 3.63) is 106 Å². The summed E-state index contributed by atoms with van der Waals surface area (Å²) in [6.07, 6.45) is 5.62. The molecule has 1 fully saturated rings. The van der Waals surface area contributed by atoms with Gasteiger partial charge in [-0.05, 0) is 65.3 Å². The molecule has 3 aromatic carbocycles. The molecule has 39 heavy (non-hydrogen) atoms. The molecule has 4 aromatic rings. The SMILES string of the molecule is O=C(O)CC1(CSC2c3ccccc3COc3ccc(/C=C/c4ccc5c(F)c(F)c(F)cc5n4)cc32)CC1. The topological polar surface area (TPSA) is 59.4 Å². The van der Waals surface area contributed by atoms with Crippen LogP contribution in [0.25, 0.3) is 23.1 Å². The molecular formula is C31H24F3NO3S. The van der Waals surface area contributed by atoms with E-state index in [0.29, 0.717) is 12.3 Å². The van der Waals surface area contributed by atoms with Crippen LogP contribution in [0, 0.1) is 22.9 Å². The van der Waals surface area contributed by atoms with Gasteiger partial charge in [-0.3, -0.25) is 4.79 Å². The van der Waals surface area contributed by atoms with Gasteiger partial charge >= 0.3 is 5.97 Å². The van der Waals surface area contributed by atoms with Gasteiger partial charge in [-0.25, -0.2) is 18.2 Å². The van der Waals surface area contributed by atoms with Crippen molar-refractivity contribution in [1.82, 2.24) is 4.98 Å². The van der Waals surface area contributed by atoms with E-state index in [4.69, 9.17) is 4.74 Å². The average molecular weight is 548 g/mol. The van der Waals surface area contributed by atoms with Crippen LogP contribution in [-0.2, 0) is 11.4 Å². The predicted octanol–water partition coefficient (Wildman–Crippen LogP) is 7.79. The first kappa shape index (κ1) is 25.5. The highest BCUT2D eigenvalue weighted by atomic mass is 32.2. The Morgan fingerprint density at radius 2 is 1.85 bits per heavy atom. The van der Waals surface area contributed by atoms with Gasteiger partial charge in [-0.15, -0.1) is 11.8 Å². The lowest BCUT2D eigenvalue weighted by Gasteiger charge is -2.22. The second-order valence-corrected chi connectivity index (χ2v) is 11.3. The molecule has 0 amide bonds. The number of pyridine rings is 1. The van der Waals surface area contributed by atoms with Crippen LogP contribution in [0.1, 0.15) is 52.5 Å². The Hall–Kier alpha value is -3.78. The number of carboxylic acid groups (broad SMARTS) is 1. The Bertz CT molecular complexity index is 1630. The largest absolute Gasteiger partial charge is 0.489 e. The number of hydrogen-bond acceptors (Lipinski definition) is 4. The highest BCUT2D eigenvalue weighted by molar-refractivity contribution is 7.99. The molecular weight excluding hydrogens is 523 g/mol. The number of fused-ring (bicyclic) bond motifs is 3. The number of rotatable bonds is 7. The van der Waals surface area contributed by atoms with Crippen molar-refractivity contribution in [2.24, 2.45) is 5.41 Å². The maximum atomic E-state index is 14.1. The van der Waals surface area contributed by atoms with E-state index in [1.807, 2.05) is 30.3 Å². The van der Waals surface area contributed by atoms with Crippen LogP contribution in [-0.4, -0.2) is 21.8 Å². The lowest BCUT2D eigenvalue weighted by molar-refractivity contribution is -0.138. The summed E-state index contributed by atoms with van der Waals surface area (Å²) in [5.74, 6) is -3.28.